The monoisotopic (exact) mass is 555 g/mol. The van der Waals surface area contributed by atoms with Gasteiger partial charge in [0.2, 0.25) is 0 Å². The second-order valence-corrected chi connectivity index (χ2v) is 11.3. The molecular formula is C33H33NO7. The second kappa shape index (κ2) is 11.0. The Kier molecular flexibility index (Phi) is 7.24. The Morgan fingerprint density at radius 3 is 2.68 bits per heavy atom. The molecule has 2 aromatic carbocycles. The molecule has 3 aliphatic heterocycles. The average molecular weight is 556 g/mol. The van der Waals surface area contributed by atoms with Gasteiger partial charge in [0.15, 0.2) is 0 Å². The SMILES string of the molecule is CC1CCCC(=O)CCCC=Cc2cc3c(c(O)c2C(=O)O1)C(c1cc2cccc4c2n(c1=O)CCC4)CC(=O)O3. The summed E-state index contributed by atoms with van der Waals surface area (Å²) in [5, 5.41) is 12.6. The number of pyridine rings is 1. The number of para-hydroxylation sites is 1. The number of Topliss-reactive ketones (excluding diaryl/α,β-unsaturated/α-hetero) is 1. The molecule has 3 aromatic rings. The van der Waals surface area contributed by atoms with E-state index in [0.29, 0.717) is 56.2 Å². The first-order valence-electron chi connectivity index (χ1n) is 14.5. The van der Waals surface area contributed by atoms with Gasteiger partial charge in [-0.1, -0.05) is 30.4 Å². The first kappa shape index (κ1) is 27.0. The Morgan fingerprint density at radius 2 is 1.83 bits per heavy atom. The lowest BCUT2D eigenvalue weighted by atomic mass is 9.83. The van der Waals surface area contributed by atoms with E-state index < -0.39 is 24.0 Å². The van der Waals surface area contributed by atoms with Crippen LogP contribution in [0.5, 0.6) is 11.5 Å². The van der Waals surface area contributed by atoms with E-state index in [-0.39, 0.29) is 40.4 Å². The van der Waals surface area contributed by atoms with Gasteiger partial charge in [-0.05, 0) is 74.1 Å². The van der Waals surface area contributed by atoms with Gasteiger partial charge in [0.1, 0.15) is 22.8 Å². The average Bonchev–Trinajstić information content (AvgIpc) is 2.93. The third-order valence-corrected chi connectivity index (χ3v) is 8.41. The van der Waals surface area contributed by atoms with E-state index in [1.807, 2.05) is 30.3 Å². The molecule has 1 aromatic heterocycles. The van der Waals surface area contributed by atoms with Crippen molar-refractivity contribution in [2.45, 2.75) is 83.3 Å². The van der Waals surface area contributed by atoms with E-state index in [4.69, 9.17) is 9.47 Å². The standard InChI is InChI=1S/C33H33NO7/c1-19-8-5-14-23(35)13-4-2-3-9-21-17-26-29(31(37)28(21)33(39)40-19)24(18-27(36)41-26)25-16-22-11-6-10-20-12-7-15-34(30(20)22)32(25)38/h3,6,9-11,16-17,19,24,37H,2,4-5,7-8,12-15,18H2,1H3. The summed E-state index contributed by atoms with van der Waals surface area (Å²) < 4.78 is 13.1. The number of fused-ring (bicyclic) bond motifs is 2. The van der Waals surface area contributed by atoms with Crippen LogP contribution in [0.1, 0.15) is 96.8 Å². The topological polar surface area (TPSA) is 112 Å². The van der Waals surface area contributed by atoms with Crippen LogP contribution in [0.2, 0.25) is 0 Å². The van der Waals surface area contributed by atoms with E-state index in [9.17, 15) is 24.3 Å². The Morgan fingerprint density at radius 1 is 1.00 bits per heavy atom. The smallest absolute Gasteiger partial charge is 0.342 e. The molecule has 8 heteroatoms. The summed E-state index contributed by atoms with van der Waals surface area (Å²) in [5.41, 5.74) is 2.77. The molecule has 2 unspecified atom stereocenters. The lowest BCUT2D eigenvalue weighted by Crippen LogP contribution is -2.32. The van der Waals surface area contributed by atoms with Crippen molar-refractivity contribution in [3.05, 3.63) is 74.6 Å². The second-order valence-electron chi connectivity index (χ2n) is 11.3. The summed E-state index contributed by atoms with van der Waals surface area (Å²) in [6.07, 6.45) is 7.97. The van der Waals surface area contributed by atoms with Crippen molar-refractivity contribution in [3.8, 4) is 11.5 Å². The zero-order valence-electron chi connectivity index (χ0n) is 23.1. The summed E-state index contributed by atoms with van der Waals surface area (Å²) in [7, 11) is 0. The van der Waals surface area contributed by atoms with Gasteiger partial charge in [0.25, 0.3) is 5.56 Å². The van der Waals surface area contributed by atoms with Crippen molar-refractivity contribution in [2.24, 2.45) is 0 Å². The van der Waals surface area contributed by atoms with E-state index in [1.54, 1.807) is 23.6 Å². The molecule has 0 bridgehead atoms. The van der Waals surface area contributed by atoms with Crippen molar-refractivity contribution in [3.63, 3.8) is 0 Å². The van der Waals surface area contributed by atoms with Crippen molar-refractivity contribution >= 4 is 34.7 Å². The van der Waals surface area contributed by atoms with E-state index in [0.717, 1.165) is 29.3 Å². The molecule has 0 saturated heterocycles. The normalized spacial score (nSPS) is 21.4. The third-order valence-electron chi connectivity index (χ3n) is 8.41. The van der Waals surface area contributed by atoms with Gasteiger partial charge in [0.05, 0.1) is 18.0 Å². The molecule has 4 heterocycles. The van der Waals surface area contributed by atoms with Crippen LogP contribution in [-0.2, 0) is 27.3 Å². The van der Waals surface area contributed by atoms with Crippen LogP contribution in [0.15, 0.2) is 41.2 Å². The number of benzene rings is 2. The van der Waals surface area contributed by atoms with Gasteiger partial charge >= 0.3 is 11.9 Å². The number of ketones is 1. The molecule has 1 N–H and O–H groups in total. The molecule has 3 aliphatic rings. The number of carbonyl (C=O) groups excluding carboxylic acids is 3. The van der Waals surface area contributed by atoms with Crippen LogP contribution < -0.4 is 10.3 Å². The van der Waals surface area contributed by atoms with Crippen molar-refractivity contribution in [1.82, 2.24) is 4.57 Å². The molecule has 212 valence electrons. The fraction of sp³-hybridized carbons (Fsp3) is 0.394. The molecule has 0 spiro atoms. The largest absolute Gasteiger partial charge is 0.507 e. The summed E-state index contributed by atoms with van der Waals surface area (Å²) >= 11 is 0. The van der Waals surface area contributed by atoms with E-state index in [2.05, 4.69) is 0 Å². The molecule has 0 fully saturated rings. The first-order valence-corrected chi connectivity index (χ1v) is 14.5. The molecular weight excluding hydrogens is 522 g/mol. The van der Waals surface area contributed by atoms with Crippen LogP contribution >= 0.6 is 0 Å². The minimum Gasteiger partial charge on any atom is -0.507 e. The number of carbonyl (C=O) groups is 3. The maximum absolute atomic E-state index is 13.9. The number of phenols is 1. The summed E-state index contributed by atoms with van der Waals surface area (Å²) in [6.45, 7) is 2.33. The number of allylic oxidation sites excluding steroid dienone is 1. The van der Waals surface area contributed by atoms with Gasteiger partial charge in [-0.25, -0.2) is 4.79 Å². The number of aromatic nitrogens is 1. The number of aryl methyl sites for hydroxylation is 2. The number of hydrogen-bond acceptors (Lipinski definition) is 7. The summed E-state index contributed by atoms with van der Waals surface area (Å²) in [4.78, 5) is 52.3. The maximum atomic E-state index is 13.9. The third kappa shape index (κ3) is 5.07. The number of aromatic hydroxyl groups is 1. The minimum absolute atomic E-state index is 0.0209. The van der Waals surface area contributed by atoms with Crippen molar-refractivity contribution < 1.29 is 29.0 Å². The number of hydrogen-bond donors (Lipinski definition) is 1. The van der Waals surface area contributed by atoms with Crippen LogP contribution in [0.25, 0.3) is 17.0 Å². The van der Waals surface area contributed by atoms with Crippen LogP contribution in [-0.4, -0.2) is 33.5 Å². The highest BCUT2D eigenvalue weighted by Gasteiger charge is 2.37. The highest BCUT2D eigenvalue weighted by molar-refractivity contribution is 5.99. The first-order chi connectivity index (χ1) is 19.8. The lowest BCUT2D eigenvalue weighted by molar-refractivity contribution is -0.135. The quantitative estimate of drug-likeness (QED) is 0.308. The van der Waals surface area contributed by atoms with Crippen LogP contribution in [0.3, 0.4) is 0 Å². The van der Waals surface area contributed by atoms with Gasteiger partial charge in [-0.2, -0.15) is 0 Å². The van der Waals surface area contributed by atoms with Gasteiger partial charge in [-0.15, -0.1) is 0 Å². The fourth-order valence-electron chi connectivity index (χ4n) is 6.42. The highest BCUT2D eigenvalue weighted by atomic mass is 16.5. The number of ether oxygens (including phenoxy) is 2. The van der Waals surface area contributed by atoms with Crippen LogP contribution in [0, 0.1) is 0 Å². The summed E-state index contributed by atoms with van der Waals surface area (Å²) in [5.74, 6) is -2.05. The van der Waals surface area contributed by atoms with E-state index >= 15 is 0 Å². The predicted octanol–water partition coefficient (Wildman–Crippen LogP) is 5.58. The predicted molar refractivity (Wildman–Crippen MR) is 153 cm³/mol. The van der Waals surface area contributed by atoms with Gasteiger partial charge < -0.3 is 19.1 Å². The van der Waals surface area contributed by atoms with Crippen molar-refractivity contribution in [2.75, 3.05) is 0 Å². The van der Waals surface area contributed by atoms with Gasteiger partial charge in [-0.3, -0.25) is 14.4 Å². The highest BCUT2D eigenvalue weighted by Crippen LogP contribution is 2.47. The van der Waals surface area contributed by atoms with E-state index in [1.165, 1.54) is 0 Å². The molecule has 8 nitrogen and oxygen atoms in total. The molecule has 6 rings (SSSR count). The molecule has 0 saturated carbocycles. The molecule has 41 heavy (non-hydrogen) atoms. The maximum Gasteiger partial charge on any atom is 0.342 e. The molecule has 0 amide bonds. The number of cyclic esters (lactones) is 1. The number of esters is 2. The Balaban J connectivity index is 1.50. The molecule has 0 aliphatic carbocycles. The van der Waals surface area contributed by atoms with Gasteiger partial charge in [0, 0.05) is 36.4 Å². The van der Waals surface area contributed by atoms with Crippen molar-refractivity contribution in [1.29, 1.82) is 0 Å². The molecule has 0 radical (unpaired) electrons. The minimum atomic E-state index is -0.795. The Hall–Kier alpha value is -4.20. The zero-order chi connectivity index (χ0) is 28.7. The Bertz CT molecular complexity index is 1660. The zero-order valence-corrected chi connectivity index (χ0v) is 23.1. The molecule has 2 atom stereocenters. The number of nitrogens with zero attached hydrogens (tertiary/aromatic N) is 1. The number of rotatable bonds is 1. The summed E-state index contributed by atoms with van der Waals surface area (Å²) in [6, 6.07) is 9.32. The lowest BCUT2D eigenvalue weighted by Gasteiger charge is -2.28. The van der Waals surface area contributed by atoms with Crippen LogP contribution in [0.4, 0.5) is 0 Å². The fourth-order valence-corrected chi connectivity index (χ4v) is 6.42. The Labute approximate surface area is 237 Å². The number of phenolic OH excluding ortho intramolecular Hbond substituents is 1.